The van der Waals surface area contributed by atoms with E-state index in [-0.39, 0.29) is 18.4 Å². The molecule has 0 fully saturated rings. The van der Waals surface area contributed by atoms with Gasteiger partial charge in [0.15, 0.2) is 11.1 Å². The number of methoxy groups -OCH3 is 1. The molecule has 0 amide bonds. The van der Waals surface area contributed by atoms with Gasteiger partial charge >= 0.3 is 5.97 Å². The van der Waals surface area contributed by atoms with Crippen LogP contribution in [0.4, 0.5) is 5.13 Å². The lowest BCUT2D eigenvalue weighted by Gasteiger charge is -2.02. The van der Waals surface area contributed by atoms with Crippen molar-refractivity contribution in [2.45, 2.75) is 6.54 Å². The summed E-state index contributed by atoms with van der Waals surface area (Å²) < 4.78 is 4.81. The minimum Gasteiger partial charge on any atom is -0.465 e. The summed E-state index contributed by atoms with van der Waals surface area (Å²) in [4.78, 5) is 24.0. The molecule has 2 aromatic carbocycles. The first-order valence-electron chi connectivity index (χ1n) is 8.90. The number of aromatic amines is 1. The predicted molar refractivity (Wildman–Crippen MR) is 123 cm³/mol. The number of carbonyl (C=O) groups is 1. The number of nitrogens with two attached hydrogens (primary N) is 1. The number of hydrogen-bond donors (Lipinski definition) is 3. The van der Waals surface area contributed by atoms with Crippen molar-refractivity contribution < 1.29 is 9.53 Å². The van der Waals surface area contributed by atoms with E-state index in [2.05, 4.69) is 20.3 Å². The molecule has 0 saturated carbocycles. The summed E-state index contributed by atoms with van der Waals surface area (Å²) in [6, 6.07) is 15.3. The van der Waals surface area contributed by atoms with Crippen LogP contribution < -0.4 is 11.1 Å². The Balaban J connectivity index is 0.00000256. The Hall–Kier alpha value is -3.36. The highest BCUT2D eigenvalue weighted by Gasteiger charge is 2.13. The fourth-order valence-corrected chi connectivity index (χ4v) is 3.66. The van der Waals surface area contributed by atoms with Gasteiger partial charge in [-0.1, -0.05) is 30.3 Å². The number of benzene rings is 2. The van der Waals surface area contributed by atoms with Crippen molar-refractivity contribution in [3.8, 4) is 11.3 Å². The highest BCUT2D eigenvalue weighted by atomic mass is 35.5. The van der Waals surface area contributed by atoms with Gasteiger partial charge in [-0.3, -0.25) is 0 Å². The second kappa shape index (κ2) is 9.43. The van der Waals surface area contributed by atoms with Crippen LogP contribution in [0.2, 0.25) is 0 Å². The second-order valence-electron chi connectivity index (χ2n) is 6.30. The maximum atomic E-state index is 11.8. The number of hydrogen-bond acceptors (Lipinski definition) is 5. The maximum Gasteiger partial charge on any atom is 0.337 e. The zero-order valence-electron chi connectivity index (χ0n) is 16.1. The third-order valence-electron chi connectivity index (χ3n) is 4.39. The average Bonchev–Trinajstić information content (AvgIpc) is 3.38. The summed E-state index contributed by atoms with van der Waals surface area (Å²) in [5, 5.41) is 6.51. The molecule has 9 heteroatoms. The van der Waals surface area contributed by atoms with Crippen LogP contribution in [0.1, 0.15) is 15.9 Å². The molecule has 154 valence electrons. The molecule has 4 aromatic rings. The summed E-state index contributed by atoms with van der Waals surface area (Å²) in [7, 11) is 1.37. The molecular formula is C21H20ClN5O2S. The molecule has 2 heterocycles. The van der Waals surface area contributed by atoms with Gasteiger partial charge in [-0.15, -0.1) is 23.7 Å². The standard InChI is InChI=1S/C21H19N5O2S.ClH/c1-28-19(27)14-7-8-17-15(9-14)16(11-23-17)18-12-29-21(25-18)26-20(22)24-10-13-5-3-2-4-6-13;/h2-9,11-12,23H,10H2,1H3,(H3,22,24,25,26);1H. The molecule has 7 nitrogen and oxygen atoms in total. The van der Waals surface area contributed by atoms with Crippen LogP contribution in [0.3, 0.4) is 0 Å². The van der Waals surface area contributed by atoms with Crippen molar-refractivity contribution >= 4 is 51.7 Å². The number of ether oxygens (including phenoxy) is 1. The van der Waals surface area contributed by atoms with Gasteiger partial charge in [0.25, 0.3) is 0 Å². The first kappa shape index (κ1) is 21.4. The first-order chi connectivity index (χ1) is 14.1. The number of nitrogens with zero attached hydrogens (tertiary/aromatic N) is 2. The molecule has 30 heavy (non-hydrogen) atoms. The number of thiazole rings is 1. The summed E-state index contributed by atoms with van der Waals surface area (Å²) in [5.74, 6) is -0.0660. The number of H-pyrrole nitrogens is 1. The number of aromatic nitrogens is 2. The molecule has 0 spiro atoms. The molecule has 0 aliphatic carbocycles. The Morgan fingerprint density at radius 2 is 2.07 bits per heavy atom. The average molecular weight is 442 g/mol. The Morgan fingerprint density at radius 1 is 1.27 bits per heavy atom. The van der Waals surface area contributed by atoms with Crippen LogP contribution in [0.15, 0.2) is 65.1 Å². The quantitative estimate of drug-likeness (QED) is 0.241. The maximum absolute atomic E-state index is 11.8. The lowest BCUT2D eigenvalue weighted by molar-refractivity contribution is 0.0601. The number of esters is 1. The van der Waals surface area contributed by atoms with Gasteiger partial charge in [-0.25, -0.2) is 14.8 Å². The van der Waals surface area contributed by atoms with E-state index >= 15 is 0 Å². The van der Waals surface area contributed by atoms with Gasteiger partial charge in [-0.05, 0) is 23.8 Å². The molecular weight excluding hydrogens is 422 g/mol. The monoisotopic (exact) mass is 441 g/mol. The highest BCUT2D eigenvalue weighted by molar-refractivity contribution is 7.14. The van der Waals surface area contributed by atoms with E-state index in [1.165, 1.54) is 18.4 Å². The van der Waals surface area contributed by atoms with Gasteiger partial charge < -0.3 is 20.8 Å². The summed E-state index contributed by atoms with van der Waals surface area (Å²) >= 11 is 1.43. The minimum absolute atomic E-state index is 0. The highest BCUT2D eigenvalue weighted by Crippen LogP contribution is 2.31. The molecule has 0 saturated heterocycles. The summed E-state index contributed by atoms with van der Waals surface area (Å²) in [6.45, 7) is 0.497. The van der Waals surface area contributed by atoms with Crippen LogP contribution in [0.25, 0.3) is 22.2 Å². The summed E-state index contributed by atoms with van der Waals surface area (Å²) in [5.41, 5.74) is 10.2. The van der Waals surface area contributed by atoms with E-state index in [1.807, 2.05) is 48.0 Å². The number of fused-ring (bicyclic) bond motifs is 1. The molecule has 0 unspecified atom stereocenters. The topological polar surface area (TPSA) is 105 Å². The van der Waals surface area contributed by atoms with Gasteiger partial charge in [0, 0.05) is 28.0 Å². The first-order valence-corrected chi connectivity index (χ1v) is 9.78. The largest absolute Gasteiger partial charge is 0.465 e. The van der Waals surface area contributed by atoms with Crippen LogP contribution in [0.5, 0.6) is 0 Å². The zero-order chi connectivity index (χ0) is 20.2. The molecule has 4 N–H and O–H groups in total. The van der Waals surface area contributed by atoms with E-state index in [1.54, 1.807) is 12.1 Å². The third kappa shape index (κ3) is 4.61. The van der Waals surface area contributed by atoms with Gasteiger partial charge in [0.2, 0.25) is 0 Å². The van der Waals surface area contributed by atoms with E-state index in [9.17, 15) is 4.79 Å². The number of nitrogens with one attached hydrogen (secondary N) is 2. The molecule has 4 rings (SSSR count). The fraction of sp³-hybridized carbons (Fsp3) is 0.0952. The molecule has 0 aliphatic heterocycles. The van der Waals surface area contributed by atoms with E-state index in [0.717, 1.165) is 27.7 Å². The Labute approximate surface area is 183 Å². The second-order valence-corrected chi connectivity index (χ2v) is 7.16. The van der Waals surface area contributed by atoms with Crippen molar-refractivity contribution in [1.82, 2.24) is 9.97 Å². The number of carbonyl (C=O) groups excluding carboxylic acids is 1. The Bertz CT molecular complexity index is 1190. The molecule has 0 bridgehead atoms. The van der Waals surface area contributed by atoms with E-state index in [4.69, 9.17) is 10.5 Å². The van der Waals surface area contributed by atoms with Crippen molar-refractivity contribution in [3.63, 3.8) is 0 Å². The third-order valence-corrected chi connectivity index (χ3v) is 5.15. The SMILES string of the molecule is COC(=O)c1ccc2[nH]cc(-c3csc(NC(N)=NCc4ccccc4)n3)c2c1.Cl. The molecule has 0 aliphatic rings. The number of guanidine groups is 1. The van der Waals surface area contributed by atoms with E-state index in [0.29, 0.717) is 23.2 Å². The van der Waals surface area contributed by atoms with Crippen molar-refractivity contribution in [3.05, 3.63) is 71.2 Å². The number of aliphatic imine (C=N–C) groups is 1. The van der Waals surface area contributed by atoms with Crippen molar-refractivity contribution in [1.29, 1.82) is 0 Å². The predicted octanol–water partition coefficient (Wildman–Crippen LogP) is 4.43. The normalized spacial score (nSPS) is 11.2. The van der Waals surface area contributed by atoms with Gasteiger partial charge in [0.05, 0.1) is 24.9 Å². The number of anilines is 1. The van der Waals surface area contributed by atoms with Gasteiger partial charge in [0.1, 0.15) is 0 Å². The van der Waals surface area contributed by atoms with Gasteiger partial charge in [-0.2, -0.15) is 0 Å². The van der Waals surface area contributed by atoms with Crippen LogP contribution in [0, 0.1) is 0 Å². The molecule has 0 radical (unpaired) electrons. The van der Waals surface area contributed by atoms with Crippen molar-refractivity contribution in [2.75, 3.05) is 12.4 Å². The fourth-order valence-electron chi connectivity index (χ4n) is 2.94. The lowest BCUT2D eigenvalue weighted by atomic mass is 10.1. The van der Waals surface area contributed by atoms with Crippen LogP contribution in [-0.2, 0) is 11.3 Å². The van der Waals surface area contributed by atoms with E-state index < -0.39 is 0 Å². The molecule has 2 aromatic heterocycles. The number of halogens is 1. The molecule has 0 atom stereocenters. The lowest BCUT2D eigenvalue weighted by Crippen LogP contribution is -2.22. The zero-order valence-corrected chi connectivity index (χ0v) is 17.7. The van der Waals surface area contributed by atoms with Crippen LogP contribution in [-0.4, -0.2) is 29.0 Å². The Kier molecular flexibility index (Phi) is 6.71. The van der Waals surface area contributed by atoms with Crippen molar-refractivity contribution in [2.24, 2.45) is 10.7 Å². The smallest absolute Gasteiger partial charge is 0.337 e. The van der Waals surface area contributed by atoms with Crippen LogP contribution >= 0.6 is 23.7 Å². The summed E-state index contributed by atoms with van der Waals surface area (Å²) in [6.07, 6.45) is 1.87. The Morgan fingerprint density at radius 3 is 2.83 bits per heavy atom. The number of rotatable bonds is 5. The minimum atomic E-state index is -0.373.